The van der Waals surface area contributed by atoms with Crippen LogP contribution in [0, 0.1) is 25.2 Å². The quantitative estimate of drug-likeness (QED) is 0.944. The Balaban J connectivity index is 1.82. The number of nitrogens with one attached hydrogen (secondary N) is 1. The minimum absolute atomic E-state index is 0.161. The highest BCUT2D eigenvalue weighted by Gasteiger charge is 2.37. The van der Waals surface area contributed by atoms with E-state index >= 15 is 0 Å². The lowest BCUT2D eigenvalue weighted by molar-refractivity contribution is 0.00955. The van der Waals surface area contributed by atoms with Gasteiger partial charge in [0.25, 0.3) is 5.78 Å². The van der Waals surface area contributed by atoms with E-state index in [0.717, 1.165) is 36.6 Å². The van der Waals surface area contributed by atoms with Crippen LogP contribution in [0.4, 0.5) is 5.82 Å². The fourth-order valence-electron chi connectivity index (χ4n) is 3.27. The second-order valence-corrected chi connectivity index (χ2v) is 7.23. The lowest BCUT2D eigenvalue weighted by atomic mass is 9.81. The largest absolute Gasteiger partial charge is 0.377 e. The van der Waals surface area contributed by atoms with Crippen molar-refractivity contribution in [2.75, 3.05) is 18.5 Å². The van der Waals surface area contributed by atoms with Gasteiger partial charge in [0.2, 0.25) is 0 Å². The molecule has 6 heteroatoms. The van der Waals surface area contributed by atoms with Crippen LogP contribution in [0.3, 0.4) is 0 Å². The van der Waals surface area contributed by atoms with Crippen molar-refractivity contribution in [2.45, 2.75) is 47.1 Å². The normalized spacial score (nSPS) is 22.4. The number of rotatable bonds is 3. The summed E-state index contributed by atoms with van der Waals surface area (Å²) in [4.78, 5) is 8.65. The van der Waals surface area contributed by atoms with Crippen LogP contribution in [0.5, 0.6) is 0 Å². The average molecular weight is 303 g/mol. The maximum atomic E-state index is 5.96. The molecule has 2 aromatic rings. The van der Waals surface area contributed by atoms with E-state index in [0.29, 0.717) is 11.7 Å². The summed E-state index contributed by atoms with van der Waals surface area (Å²) in [6.07, 6.45) is 2.93. The van der Waals surface area contributed by atoms with Crippen LogP contribution in [0.15, 0.2) is 6.33 Å². The van der Waals surface area contributed by atoms with Crippen LogP contribution in [0.2, 0.25) is 0 Å². The first-order valence-electron chi connectivity index (χ1n) is 7.90. The predicted molar refractivity (Wildman–Crippen MR) is 86.0 cm³/mol. The lowest BCUT2D eigenvalue weighted by Crippen LogP contribution is -2.35. The molecule has 22 heavy (non-hydrogen) atoms. The van der Waals surface area contributed by atoms with Crippen molar-refractivity contribution in [1.29, 1.82) is 0 Å². The monoisotopic (exact) mass is 303 g/mol. The van der Waals surface area contributed by atoms with Crippen LogP contribution >= 0.6 is 0 Å². The zero-order valence-electron chi connectivity index (χ0n) is 14.1. The molecule has 0 spiro atoms. The Labute approximate surface area is 131 Å². The second-order valence-electron chi connectivity index (χ2n) is 7.23. The van der Waals surface area contributed by atoms with Crippen molar-refractivity contribution < 1.29 is 4.74 Å². The number of hydrogen-bond donors (Lipinski definition) is 1. The fraction of sp³-hybridized carbons (Fsp3) is 0.688. The minimum atomic E-state index is 0.161. The molecule has 0 aliphatic carbocycles. The van der Waals surface area contributed by atoms with Gasteiger partial charge in [0.05, 0.1) is 6.10 Å². The maximum Gasteiger partial charge on any atom is 0.254 e. The molecule has 3 rings (SSSR count). The number of ether oxygens (including phenoxy) is 1. The molecule has 0 saturated carbocycles. The van der Waals surface area contributed by atoms with Crippen molar-refractivity contribution in [1.82, 2.24) is 19.6 Å². The van der Waals surface area contributed by atoms with Crippen molar-refractivity contribution in [3.8, 4) is 0 Å². The highest BCUT2D eigenvalue weighted by Crippen LogP contribution is 2.35. The molecule has 1 saturated heterocycles. The first kappa shape index (κ1) is 15.2. The summed E-state index contributed by atoms with van der Waals surface area (Å²) in [6, 6.07) is 0. The summed E-state index contributed by atoms with van der Waals surface area (Å²) in [5, 5.41) is 7.85. The third-order valence-electron chi connectivity index (χ3n) is 4.51. The minimum Gasteiger partial charge on any atom is -0.377 e. The third kappa shape index (κ3) is 2.67. The number of fused-ring (bicyclic) bond motifs is 1. The van der Waals surface area contributed by atoms with Gasteiger partial charge in [-0.3, -0.25) is 0 Å². The molecule has 0 unspecified atom stereocenters. The van der Waals surface area contributed by atoms with Gasteiger partial charge >= 0.3 is 0 Å². The molecule has 3 heterocycles. The number of anilines is 1. The van der Waals surface area contributed by atoms with Crippen LogP contribution < -0.4 is 5.32 Å². The highest BCUT2D eigenvalue weighted by molar-refractivity contribution is 5.51. The molecule has 1 N–H and O–H groups in total. The Morgan fingerprint density at radius 1 is 1.36 bits per heavy atom. The van der Waals surface area contributed by atoms with Crippen LogP contribution in [0.25, 0.3) is 5.78 Å². The first-order chi connectivity index (χ1) is 10.4. The molecule has 1 aliphatic heterocycles. The van der Waals surface area contributed by atoms with Crippen LogP contribution in [-0.2, 0) is 4.74 Å². The van der Waals surface area contributed by atoms with E-state index in [9.17, 15) is 0 Å². The van der Waals surface area contributed by atoms with Gasteiger partial charge in [-0.15, -0.1) is 0 Å². The SMILES string of the molecule is Cc1nc2ncnn2c(NC[C@H]2CCO[C@@H]2C(C)(C)C)c1C. The average Bonchev–Trinajstić information content (AvgIpc) is 3.07. The maximum absolute atomic E-state index is 5.96. The summed E-state index contributed by atoms with van der Waals surface area (Å²) in [5.41, 5.74) is 2.26. The molecule has 2 aromatic heterocycles. The fourth-order valence-corrected chi connectivity index (χ4v) is 3.27. The lowest BCUT2D eigenvalue weighted by Gasteiger charge is -2.31. The standard InChI is InChI=1S/C16H25N5O/c1-10-11(2)20-15-18-9-19-21(15)14(10)17-8-12-6-7-22-13(12)16(3,4)5/h9,12-13,17H,6-8H2,1-5H3/t12-,13+/m1/s1. The number of aromatic nitrogens is 4. The van der Waals surface area contributed by atoms with Gasteiger partial charge in [-0.1, -0.05) is 20.8 Å². The second kappa shape index (κ2) is 5.50. The van der Waals surface area contributed by atoms with Crippen molar-refractivity contribution >= 4 is 11.6 Å². The topological polar surface area (TPSA) is 64.3 Å². The van der Waals surface area contributed by atoms with Crippen molar-refractivity contribution in [3.05, 3.63) is 17.6 Å². The smallest absolute Gasteiger partial charge is 0.254 e. The Morgan fingerprint density at radius 3 is 2.86 bits per heavy atom. The van der Waals surface area contributed by atoms with E-state index < -0.39 is 0 Å². The number of hydrogen-bond acceptors (Lipinski definition) is 5. The van der Waals surface area contributed by atoms with Gasteiger partial charge in [-0.25, -0.2) is 4.98 Å². The van der Waals surface area contributed by atoms with Gasteiger partial charge in [0, 0.05) is 30.3 Å². The van der Waals surface area contributed by atoms with Crippen molar-refractivity contribution in [3.63, 3.8) is 0 Å². The Morgan fingerprint density at radius 2 is 2.14 bits per heavy atom. The molecular formula is C16H25N5O. The molecule has 1 aliphatic rings. The van der Waals surface area contributed by atoms with E-state index in [1.165, 1.54) is 0 Å². The summed E-state index contributed by atoms with van der Waals surface area (Å²) >= 11 is 0. The molecule has 1 fully saturated rings. The molecule has 0 radical (unpaired) electrons. The van der Waals surface area contributed by atoms with Gasteiger partial charge in [-0.2, -0.15) is 14.6 Å². The summed E-state index contributed by atoms with van der Waals surface area (Å²) < 4.78 is 7.74. The molecule has 6 nitrogen and oxygen atoms in total. The van der Waals surface area contributed by atoms with Gasteiger partial charge in [0.1, 0.15) is 12.1 Å². The van der Waals surface area contributed by atoms with Crippen LogP contribution in [0.1, 0.15) is 38.4 Å². The highest BCUT2D eigenvalue weighted by atomic mass is 16.5. The summed E-state index contributed by atoms with van der Waals surface area (Å²) in [7, 11) is 0. The molecule has 0 aromatic carbocycles. The molecule has 120 valence electrons. The molecule has 0 bridgehead atoms. The van der Waals surface area contributed by atoms with Crippen LogP contribution in [-0.4, -0.2) is 38.8 Å². The predicted octanol–water partition coefficient (Wildman–Crippen LogP) is 2.60. The van der Waals surface area contributed by atoms with E-state index in [-0.39, 0.29) is 11.5 Å². The van der Waals surface area contributed by atoms with Gasteiger partial charge in [-0.05, 0) is 25.7 Å². The molecular weight excluding hydrogens is 278 g/mol. The van der Waals surface area contributed by atoms with E-state index in [1.54, 1.807) is 10.8 Å². The number of nitrogens with zero attached hydrogens (tertiary/aromatic N) is 4. The Hall–Kier alpha value is -1.69. The Kier molecular flexibility index (Phi) is 3.80. The zero-order valence-corrected chi connectivity index (χ0v) is 14.1. The zero-order chi connectivity index (χ0) is 15.9. The number of aryl methyl sites for hydroxylation is 1. The Bertz CT molecular complexity index is 673. The van der Waals surface area contributed by atoms with E-state index in [4.69, 9.17) is 4.74 Å². The molecule has 0 amide bonds. The van der Waals surface area contributed by atoms with Crippen molar-refractivity contribution in [2.24, 2.45) is 11.3 Å². The third-order valence-corrected chi connectivity index (χ3v) is 4.51. The summed E-state index contributed by atoms with van der Waals surface area (Å²) in [6.45, 7) is 12.5. The first-order valence-corrected chi connectivity index (χ1v) is 7.90. The molecule has 2 atom stereocenters. The summed E-state index contributed by atoms with van der Waals surface area (Å²) in [5.74, 6) is 2.13. The van der Waals surface area contributed by atoms with E-state index in [1.807, 2.05) is 6.92 Å². The van der Waals surface area contributed by atoms with Gasteiger partial charge in [0.15, 0.2) is 0 Å². The van der Waals surface area contributed by atoms with E-state index in [2.05, 4.69) is 48.1 Å². The van der Waals surface area contributed by atoms with Gasteiger partial charge < -0.3 is 10.1 Å².